The lowest BCUT2D eigenvalue weighted by Crippen LogP contribution is -2.29. The summed E-state index contributed by atoms with van der Waals surface area (Å²) in [6.45, 7) is 2.84. The molecule has 1 N–H and O–H groups in total. The number of nitrogens with zero attached hydrogens (tertiary/aromatic N) is 1. The molecule has 1 saturated heterocycles. The van der Waals surface area contributed by atoms with Crippen LogP contribution in [0.3, 0.4) is 0 Å². The first-order chi connectivity index (χ1) is 7.60. The van der Waals surface area contributed by atoms with Crippen molar-refractivity contribution in [2.45, 2.75) is 32.5 Å². The fourth-order valence-electron chi connectivity index (χ4n) is 2.34. The highest BCUT2D eigenvalue weighted by Gasteiger charge is 2.38. The van der Waals surface area contributed by atoms with Crippen molar-refractivity contribution in [3.8, 4) is 0 Å². The third-order valence-corrected chi connectivity index (χ3v) is 3.34. The van der Waals surface area contributed by atoms with Gasteiger partial charge in [0.05, 0.1) is 5.92 Å². The second kappa shape index (κ2) is 5.92. The lowest BCUT2D eigenvalue weighted by Gasteiger charge is -2.14. The largest absolute Gasteiger partial charge is 0.481 e. The summed E-state index contributed by atoms with van der Waals surface area (Å²) in [5.74, 6) is -0.896. The van der Waals surface area contributed by atoms with E-state index in [2.05, 4.69) is 7.85 Å². The van der Waals surface area contributed by atoms with Gasteiger partial charge in [-0.1, -0.05) is 19.7 Å². The van der Waals surface area contributed by atoms with Crippen LogP contribution < -0.4 is 0 Å². The van der Waals surface area contributed by atoms with Crippen molar-refractivity contribution in [3.05, 3.63) is 0 Å². The Hall–Kier alpha value is -0.995. The SMILES string of the molecule is BCCCC1CN(C(=O)CC)CC1C(=O)O. The van der Waals surface area contributed by atoms with Gasteiger partial charge < -0.3 is 10.0 Å². The van der Waals surface area contributed by atoms with Crippen LogP contribution in [0, 0.1) is 11.8 Å². The average molecular weight is 225 g/mol. The van der Waals surface area contributed by atoms with Crippen LogP contribution in [0.25, 0.3) is 0 Å². The van der Waals surface area contributed by atoms with Gasteiger partial charge in [-0.15, -0.1) is 0 Å². The van der Waals surface area contributed by atoms with Gasteiger partial charge in [-0.05, 0) is 12.3 Å². The van der Waals surface area contributed by atoms with Gasteiger partial charge in [0, 0.05) is 19.5 Å². The number of carboxylic acids is 1. The van der Waals surface area contributed by atoms with Gasteiger partial charge >= 0.3 is 5.97 Å². The molecule has 1 aliphatic rings. The number of rotatable bonds is 5. The van der Waals surface area contributed by atoms with E-state index in [-0.39, 0.29) is 17.7 Å². The fourth-order valence-corrected chi connectivity index (χ4v) is 2.34. The van der Waals surface area contributed by atoms with Gasteiger partial charge in [0.15, 0.2) is 0 Å². The number of aliphatic carboxylic acids is 1. The number of carbonyl (C=O) groups excluding carboxylic acids is 1. The Kier molecular flexibility index (Phi) is 4.84. The van der Waals surface area contributed by atoms with Crippen LogP contribution in [0.2, 0.25) is 6.32 Å². The minimum absolute atomic E-state index is 0.0743. The third-order valence-electron chi connectivity index (χ3n) is 3.34. The van der Waals surface area contributed by atoms with Crippen molar-refractivity contribution in [2.24, 2.45) is 11.8 Å². The molecular formula is C11H20BNO3. The molecule has 1 aliphatic heterocycles. The number of hydrogen-bond donors (Lipinski definition) is 1. The van der Waals surface area contributed by atoms with E-state index in [0.717, 1.165) is 19.2 Å². The zero-order valence-corrected chi connectivity index (χ0v) is 10.1. The molecule has 0 spiro atoms. The van der Waals surface area contributed by atoms with Crippen LogP contribution >= 0.6 is 0 Å². The Bertz CT molecular complexity index is 270. The maximum absolute atomic E-state index is 11.5. The average Bonchev–Trinajstić information content (AvgIpc) is 2.69. The first-order valence-corrected chi connectivity index (χ1v) is 6.10. The molecule has 2 atom stereocenters. The van der Waals surface area contributed by atoms with Gasteiger partial charge in [-0.3, -0.25) is 9.59 Å². The molecule has 16 heavy (non-hydrogen) atoms. The van der Waals surface area contributed by atoms with E-state index in [1.54, 1.807) is 4.90 Å². The van der Waals surface area contributed by atoms with Crippen molar-refractivity contribution >= 4 is 19.7 Å². The van der Waals surface area contributed by atoms with Crippen LogP contribution in [0.5, 0.6) is 0 Å². The zero-order chi connectivity index (χ0) is 12.1. The highest BCUT2D eigenvalue weighted by atomic mass is 16.4. The van der Waals surface area contributed by atoms with E-state index < -0.39 is 5.97 Å². The second-order valence-corrected chi connectivity index (χ2v) is 4.50. The summed E-state index contributed by atoms with van der Waals surface area (Å²) in [7, 11) is 2.10. The second-order valence-electron chi connectivity index (χ2n) is 4.50. The zero-order valence-electron chi connectivity index (χ0n) is 10.1. The molecule has 0 aromatic heterocycles. The predicted molar refractivity (Wildman–Crippen MR) is 64.1 cm³/mol. The topological polar surface area (TPSA) is 57.6 Å². The molecule has 4 nitrogen and oxygen atoms in total. The Morgan fingerprint density at radius 2 is 2.12 bits per heavy atom. The lowest BCUT2D eigenvalue weighted by atomic mass is 9.88. The van der Waals surface area contributed by atoms with Crippen LogP contribution in [-0.4, -0.2) is 42.8 Å². The summed E-state index contributed by atoms with van der Waals surface area (Å²) in [5.41, 5.74) is 0. The molecule has 0 bridgehead atoms. The summed E-state index contributed by atoms with van der Waals surface area (Å²) in [6.07, 6.45) is 3.50. The van der Waals surface area contributed by atoms with Crippen molar-refractivity contribution in [1.82, 2.24) is 4.90 Å². The van der Waals surface area contributed by atoms with Crippen LogP contribution in [0.1, 0.15) is 26.2 Å². The first-order valence-electron chi connectivity index (χ1n) is 6.10. The quantitative estimate of drug-likeness (QED) is 0.688. The molecule has 1 fully saturated rings. The molecule has 0 aliphatic carbocycles. The van der Waals surface area contributed by atoms with E-state index in [1.807, 2.05) is 6.92 Å². The summed E-state index contributed by atoms with van der Waals surface area (Å²) in [5, 5.41) is 9.12. The number of amides is 1. The lowest BCUT2D eigenvalue weighted by molar-refractivity contribution is -0.142. The summed E-state index contributed by atoms with van der Waals surface area (Å²) >= 11 is 0. The first kappa shape index (κ1) is 13.1. The number of carboxylic acid groups (broad SMARTS) is 1. The monoisotopic (exact) mass is 225 g/mol. The van der Waals surface area contributed by atoms with Gasteiger partial charge in [-0.2, -0.15) is 0 Å². The van der Waals surface area contributed by atoms with Crippen molar-refractivity contribution in [1.29, 1.82) is 0 Å². The number of hydrogen-bond acceptors (Lipinski definition) is 2. The molecule has 1 rings (SSSR count). The van der Waals surface area contributed by atoms with E-state index in [9.17, 15) is 9.59 Å². The number of likely N-dealkylation sites (tertiary alicyclic amines) is 1. The van der Waals surface area contributed by atoms with Gasteiger partial charge in [0.1, 0.15) is 7.85 Å². The van der Waals surface area contributed by atoms with E-state index in [0.29, 0.717) is 19.5 Å². The standard InChI is InChI=1S/C11H20BNO3/c1-2-10(14)13-6-8(4-3-5-12)9(7-13)11(15)16/h8-9H,2-7,12H2,1H3,(H,15,16). The fraction of sp³-hybridized carbons (Fsp3) is 0.818. The maximum atomic E-state index is 11.5. The van der Waals surface area contributed by atoms with E-state index in [4.69, 9.17) is 5.11 Å². The third kappa shape index (κ3) is 3.00. The van der Waals surface area contributed by atoms with Crippen molar-refractivity contribution < 1.29 is 14.7 Å². The van der Waals surface area contributed by atoms with E-state index in [1.165, 1.54) is 0 Å². The van der Waals surface area contributed by atoms with Gasteiger partial charge in [0.2, 0.25) is 5.91 Å². The Morgan fingerprint density at radius 1 is 1.44 bits per heavy atom. The predicted octanol–water partition coefficient (Wildman–Crippen LogP) is 0.387. The van der Waals surface area contributed by atoms with Crippen LogP contribution in [0.15, 0.2) is 0 Å². The summed E-state index contributed by atoms with van der Waals surface area (Å²) in [6, 6.07) is 0. The molecule has 2 unspecified atom stereocenters. The molecule has 5 heteroatoms. The molecule has 1 heterocycles. The number of carbonyl (C=O) groups is 2. The molecule has 0 aromatic carbocycles. The normalized spacial score (nSPS) is 24.7. The van der Waals surface area contributed by atoms with Crippen molar-refractivity contribution in [2.75, 3.05) is 13.1 Å². The minimum atomic E-state index is -0.757. The minimum Gasteiger partial charge on any atom is -0.481 e. The van der Waals surface area contributed by atoms with Gasteiger partial charge in [-0.25, -0.2) is 0 Å². The molecule has 0 aromatic rings. The highest BCUT2D eigenvalue weighted by Crippen LogP contribution is 2.28. The summed E-state index contributed by atoms with van der Waals surface area (Å²) in [4.78, 5) is 24.3. The van der Waals surface area contributed by atoms with Crippen LogP contribution in [0.4, 0.5) is 0 Å². The molecule has 90 valence electrons. The molecular weight excluding hydrogens is 205 g/mol. The smallest absolute Gasteiger partial charge is 0.308 e. The van der Waals surface area contributed by atoms with Crippen LogP contribution in [-0.2, 0) is 9.59 Å². The Labute approximate surface area is 97.4 Å². The molecule has 1 amide bonds. The molecule has 0 saturated carbocycles. The summed E-state index contributed by atoms with van der Waals surface area (Å²) < 4.78 is 0. The molecule has 0 radical (unpaired) electrons. The van der Waals surface area contributed by atoms with E-state index >= 15 is 0 Å². The Balaban J connectivity index is 2.60. The Morgan fingerprint density at radius 3 is 2.62 bits per heavy atom. The maximum Gasteiger partial charge on any atom is 0.308 e. The van der Waals surface area contributed by atoms with Gasteiger partial charge in [0.25, 0.3) is 0 Å². The van der Waals surface area contributed by atoms with Crippen molar-refractivity contribution in [3.63, 3.8) is 0 Å². The highest BCUT2D eigenvalue weighted by molar-refractivity contribution is 6.08.